The van der Waals surface area contributed by atoms with Gasteiger partial charge >= 0.3 is 0 Å². The first-order chi connectivity index (χ1) is 11.1. The molecule has 5 heteroatoms. The lowest BCUT2D eigenvalue weighted by Gasteiger charge is -2.39. The lowest BCUT2D eigenvalue weighted by atomic mass is 10.1. The molecule has 1 unspecified atom stereocenters. The molecule has 1 saturated heterocycles. The van der Waals surface area contributed by atoms with Gasteiger partial charge in [-0.15, -0.1) is 0 Å². The summed E-state index contributed by atoms with van der Waals surface area (Å²) in [7, 11) is 0. The largest absolute Gasteiger partial charge is 0.481 e. The summed E-state index contributed by atoms with van der Waals surface area (Å²) >= 11 is 0. The summed E-state index contributed by atoms with van der Waals surface area (Å²) in [6.45, 7) is 4.82. The van der Waals surface area contributed by atoms with E-state index in [1.54, 1.807) is 11.8 Å². The second kappa shape index (κ2) is 6.69. The topological polar surface area (TPSA) is 51.7 Å². The van der Waals surface area contributed by atoms with E-state index in [1.165, 1.54) is 0 Å². The van der Waals surface area contributed by atoms with Crippen molar-refractivity contribution in [3.05, 3.63) is 54.2 Å². The van der Waals surface area contributed by atoms with Gasteiger partial charge in [-0.2, -0.15) is 0 Å². The summed E-state index contributed by atoms with van der Waals surface area (Å²) in [5.41, 5.74) is 0.916. The van der Waals surface area contributed by atoms with Gasteiger partial charge in [0.25, 0.3) is 5.91 Å². The quantitative estimate of drug-likeness (QED) is 0.851. The minimum atomic E-state index is -0.504. The molecule has 2 heterocycles. The predicted molar refractivity (Wildman–Crippen MR) is 86.5 cm³/mol. The van der Waals surface area contributed by atoms with Crippen molar-refractivity contribution in [2.75, 3.05) is 13.1 Å². The minimum absolute atomic E-state index is 0.00262. The van der Waals surface area contributed by atoms with Gasteiger partial charge in [-0.3, -0.25) is 4.79 Å². The Bertz CT molecular complexity index is 669. The van der Waals surface area contributed by atoms with Crippen molar-refractivity contribution < 1.29 is 14.3 Å². The third-order valence-corrected chi connectivity index (χ3v) is 3.71. The molecule has 0 spiro atoms. The Balaban J connectivity index is 1.47. The first-order valence-electron chi connectivity index (χ1n) is 7.72. The van der Waals surface area contributed by atoms with Crippen molar-refractivity contribution in [2.45, 2.75) is 26.1 Å². The standard InChI is InChI=1S/C18H20N2O3/c1-13-7-6-10-17(19-13)23-16-11-20(12-16)18(21)14(2)22-15-8-4-3-5-9-15/h3-10,14,16H,11-12H2,1-2H3. The van der Waals surface area contributed by atoms with Crippen LogP contribution in [0.5, 0.6) is 11.6 Å². The van der Waals surface area contributed by atoms with E-state index in [-0.39, 0.29) is 12.0 Å². The third-order valence-electron chi connectivity index (χ3n) is 3.71. The van der Waals surface area contributed by atoms with Gasteiger partial charge in [-0.05, 0) is 32.0 Å². The fourth-order valence-electron chi connectivity index (χ4n) is 2.46. The van der Waals surface area contributed by atoms with Gasteiger partial charge in [0, 0.05) is 11.8 Å². The Morgan fingerprint density at radius 3 is 2.61 bits per heavy atom. The van der Waals surface area contributed by atoms with E-state index >= 15 is 0 Å². The number of ether oxygens (including phenoxy) is 2. The molecular formula is C18H20N2O3. The van der Waals surface area contributed by atoms with E-state index in [2.05, 4.69) is 4.98 Å². The van der Waals surface area contributed by atoms with Crippen molar-refractivity contribution in [3.63, 3.8) is 0 Å². The Kier molecular flexibility index (Phi) is 4.46. The summed E-state index contributed by atoms with van der Waals surface area (Å²) in [4.78, 5) is 18.4. The number of hydrogen-bond donors (Lipinski definition) is 0. The molecule has 1 atom stereocenters. The molecule has 0 aliphatic carbocycles. The highest BCUT2D eigenvalue weighted by atomic mass is 16.5. The van der Waals surface area contributed by atoms with E-state index in [1.807, 2.05) is 55.5 Å². The summed E-state index contributed by atoms with van der Waals surface area (Å²) in [5.74, 6) is 1.28. The highest BCUT2D eigenvalue weighted by Crippen LogP contribution is 2.19. The van der Waals surface area contributed by atoms with Gasteiger partial charge in [-0.1, -0.05) is 24.3 Å². The van der Waals surface area contributed by atoms with Crippen molar-refractivity contribution in [2.24, 2.45) is 0 Å². The monoisotopic (exact) mass is 312 g/mol. The Morgan fingerprint density at radius 2 is 1.91 bits per heavy atom. The van der Waals surface area contributed by atoms with Crippen LogP contribution in [0.1, 0.15) is 12.6 Å². The maximum Gasteiger partial charge on any atom is 0.263 e. The van der Waals surface area contributed by atoms with Crippen LogP contribution in [0.4, 0.5) is 0 Å². The zero-order chi connectivity index (χ0) is 16.2. The van der Waals surface area contributed by atoms with E-state index in [9.17, 15) is 4.79 Å². The van der Waals surface area contributed by atoms with Gasteiger partial charge in [-0.25, -0.2) is 4.98 Å². The van der Waals surface area contributed by atoms with Crippen LogP contribution in [0.2, 0.25) is 0 Å². The average Bonchev–Trinajstić information content (AvgIpc) is 2.51. The van der Waals surface area contributed by atoms with Gasteiger partial charge in [0.1, 0.15) is 11.9 Å². The number of pyridine rings is 1. The predicted octanol–water partition coefficient (Wildman–Crippen LogP) is 2.45. The number of nitrogens with zero attached hydrogens (tertiary/aromatic N) is 2. The van der Waals surface area contributed by atoms with E-state index in [0.717, 1.165) is 5.69 Å². The Labute approximate surface area is 135 Å². The van der Waals surface area contributed by atoms with Gasteiger partial charge in [0.2, 0.25) is 5.88 Å². The first kappa shape index (κ1) is 15.3. The zero-order valence-corrected chi connectivity index (χ0v) is 13.3. The lowest BCUT2D eigenvalue weighted by Crippen LogP contribution is -2.58. The molecule has 1 fully saturated rings. The van der Waals surface area contributed by atoms with E-state index < -0.39 is 6.10 Å². The maximum absolute atomic E-state index is 12.3. The second-order valence-electron chi connectivity index (χ2n) is 5.67. The number of rotatable bonds is 5. The molecule has 1 aromatic carbocycles. The number of hydrogen-bond acceptors (Lipinski definition) is 4. The van der Waals surface area contributed by atoms with Crippen LogP contribution >= 0.6 is 0 Å². The number of aryl methyl sites for hydroxylation is 1. The highest BCUT2D eigenvalue weighted by molar-refractivity contribution is 5.81. The van der Waals surface area contributed by atoms with Crippen molar-refractivity contribution in [3.8, 4) is 11.6 Å². The van der Waals surface area contributed by atoms with Gasteiger partial charge in [0.15, 0.2) is 6.10 Å². The molecule has 1 amide bonds. The zero-order valence-electron chi connectivity index (χ0n) is 13.3. The second-order valence-corrected chi connectivity index (χ2v) is 5.67. The molecule has 1 aliphatic heterocycles. The molecule has 5 nitrogen and oxygen atoms in total. The van der Waals surface area contributed by atoms with Crippen LogP contribution in [0.3, 0.4) is 0 Å². The summed E-state index contributed by atoms with van der Waals surface area (Å²) < 4.78 is 11.4. The molecule has 3 rings (SSSR count). The molecule has 0 N–H and O–H groups in total. The normalized spacial score (nSPS) is 15.7. The van der Waals surface area contributed by atoms with Crippen LogP contribution in [-0.4, -0.2) is 41.1 Å². The first-order valence-corrected chi connectivity index (χ1v) is 7.72. The fraction of sp³-hybridized carbons (Fsp3) is 0.333. The van der Waals surface area contributed by atoms with Crippen LogP contribution in [0.15, 0.2) is 48.5 Å². The summed E-state index contributed by atoms with van der Waals surface area (Å²) in [5, 5.41) is 0. The SMILES string of the molecule is Cc1cccc(OC2CN(C(=O)C(C)Oc3ccccc3)C2)n1. The third kappa shape index (κ3) is 3.80. The highest BCUT2D eigenvalue weighted by Gasteiger charge is 2.35. The number of aromatic nitrogens is 1. The summed E-state index contributed by atoms with van der Waals surface area (Å²) in [6.07, 6.45) is -0.507. The van der Waals surface area contributed by atoms with Crippen LogP contribution in [0, 0.1) is 6.92 Å². The number of amides is 1. The van der Waals surface area contributed by atoms with E-state index in [0.29, 0.717) is 24.7 Å². The van der Waals surface area contributed by atoms with E-state index in [4.69, 9.17) is 9.47 Å². The number of likely N-dealkylation sites (tertiary alicyclic amines) is 1. The average molecular weight is 312 g/mol. The fourth-order valence-corrected chi connectivity index (χ4v) is 2.46. The van der Waals surface area contributed by atoms with Crippen LogP contribution in [-0.2, 0) is 4.79 Å². The van der Waals surface area contributed by atoms with Crippen molar-refractivity contribution in [1.29, 1.82) is 0 Å². The maximum atomic E-state index is 12.3. The van der Waals surface area contributed by atoms with Crippen molar-refractivity contribution in [1.82, 2.24) is 9.88 Å². The number of carbonyl (C=O) groups excluding carboxylic acids is 1. The van der Waals surface area contributed by atoms with Crippen LogP contribution < -0.4 is 9.47 Å². The molecule has 23 heavy (non-hydrogen) atoms. The molecular weight excluding hydrogens is 292 g/mol. The molecule has 2 aromatic rings. The Morgan fingerprint density at radius 1 is 1.17 bits per heavy atom. The number of benzene rings is 1. The minimum Gasteiger partial charge on any atom is -0.481 e. The molecule has 0 saturated carbocycles. The lowest BCUT2D eigenvalue weighted by molar-refractivity contribution is -0.147. The Hall–Kier alpha value is -2.56. The molecule has 0 bridgehead atoms. The summed E-state index contributed by atoms with van der Waals surface area (Å²) in [6, 6.07) is 15.0. The molecule has 120 valence electrons. The number of para-hydroxylation sites is 1. The van der Waals surface area contributed by atoms with Crippen molar-refractivity contribution >= 4 is 5.91 Å². The van der Waals surface area contributed by atoms with Gasteiger partial charge in [0.05, 0.1) is 13.1 Å². The molecule has 1 aliphatic rings. The molecule has 0 radical (unpaired) electrons. The van der Waals surface area contributed by atoms with Gasteiger partial charge < -0.3 is 14.4 Å². The smallest absolute Gasteiger partial charge is 0.263 e. The molecule has 1 aromatic heterocycles. The van der Waals surface area contributed by atoms with Crippen LogP contribution in [0.25, 0.3) is 0 Å². The number of carbonyl (C=O) groups is 1.